The Labute approximate surface area is 188 Å². The van der Waals surface area contributed by atoms with Crippen LogP contribution in [0, 0.1) is 0 Å². The van der Waals surface area contributed by atoms with Crippen molar-refractivity contribution in [1.82, 2.24) is 5.01 Å². The fourth-order valence-electron chi connectivity index (χ4n) is 4.32. The number of rotatable bonds is 6. The summed E-state index contributed by atoms with van der Waals surface area (Å²) in [6.07, 6.45) is 0.416. The summed E-state index contributed by atoms with van der Waals surface area (Å²) in [4.78, 5) is 0. The van der Waals surface area contributed by atoms with E-state index in [1.165, 1.54) is 0 Å². The number of ether oxygens (including phenoxy) is 4. The predicted molar refractivity (Wildman–Crippen MR) is 123 cm³/mol. The zero-order valence-electron chi connectivity index (χ0n) is 18.4. The lowest BCUT2D eigenvalue weighted by molar-refractivity contribution is -0.0209. The van der Waals surface area contributed by atoms with Gasteiger partial charge in [0.25, 0.3) is 0 Å². The third-order valence-electron chi connectivity index (χ3n) is 5.90. The van der Waals surface area contributed by atoms with E-state index < -0.39 is 0 Å². The fraction of sp³-hybridized carbons (Fsp3) is 0.269. The second-order valence-corrected chi connectivity index (χ2v) is 7.73. The average Bonchev–Trinajstić information content (AvgIpc) is 3.30. The lowest BCUT2D eigenvalue weighted by Crippen LogP contribution is -2.33. The van der Waals surface area contributed by atoms with Gasteiger partial charge in [0, 0.05) is 17.5 Å². The maximum atomic E-state index is 6.51. The minimum Gasteiger partial charge on any atom is -0.497 e. The van der Waals surface area contributed by atoms with Crippen molar-refractivity contribution in [2.75, 3.05) is 20.8 Å². The van der Waals surface area contributed by atoms with Gasteiger partial charge >= 0.3 is 0 Å². The highest BCUT2D eigenvalue weighted by atomic mass is 16.5. The summed E-state index contributed by atoms with van der Waals surface area (Å²) in [6, 6.07) is 22.1. The molecule has 0 bridgehead atoms. The van der Waals surface area contributed by atoms with E-state index in [-0.39, 0.29) is 12.3 Å². The second kappa shape index (κ2) is 8.46. The molecule has 0 spiro atoms. The van der Waals surface area contributed by atoms with Crippen molar-refractivity contribution in [3.05, 3.63) is 83.4 Å². The molecule has 2 heterocycles. The quantitative estimate of drug-likeness (QED) is 0.528. The Kier molecular flexibility index (Phi) is 5.35. The Balaban J connectivity index is 1.55. The molecule has 6 nitrogen and oxygen atoms in total. The van der Waals surface area contributed by atoms with Crippen molar-refractivity contribution in [1.29, 1.82) is 0 Å². The van der Waals surface area contributed by atoms with Crippen molar-refractivity contribution < 1.29 is 18.9 Å². The molecule has 0 aliphatic carbocycles. The van der Waals surface area contributed by atoms with Gasteiger partial charge in [-0.3, -0.25) is 0 Å². The van der Waals surface area contributed by atoms with E-state index in [9.17, 15) is 0 Å². The summed E-state index contributed by atoms with van der Waals surface area (Å²) < 4.78 is 23.0. The highest BCUT2D eigenvalue weighted by Gasteiger charge is 2.42. The number of hydrogen-bond donors (Lipinski definition) is 0. The molecule has 164 valence electrons. The molecule has 6 heteroatoms. The van der Waals surface area contributed by atoms with E-state index >= 15 is 0 Å². The lowest BCUT2D eigenvalue weighted by Gasteiger charge is -2.38. The molecule has 2 atom stereocenters. The van der Waals surface area contributed by atoms with E-state index in [1.54, 1.807) is 14.2 Å². The largest absolute Gasteiger partial charge is 0.497 e. The molecule has 0 saturated carbocycles. The zero-order valence-corrected chi connectivity index (χ0v) is 18.4. The minimum atomic E-state index is -0.366. The molecule has 0 saturated heterocycles. The Morgan fingerprint density at radius 3 is 2.38 bits per heavy atom. The molecular formula is C26H26N2O4. The highest BCUT2D eigenvalue weighted by molar-refractivity contribution is 6.02. The van der Waals surface area contributed by atoms with Crippen LogP contribution in [0.1, 0.15) is 42.3 Å². The smallest absolute Gasteiger partial charge is 0.214 e. The molecule has 0 radical (unpaired) electrons. The number of fused-ring (bicyclic) bond motifs is 3. The van der Waals surface area contributed by atoms with Crippen molar-refractivity contribution in [3.63, 3.8) is 0 Å². The first-order valence-corrected chi connectivity index (χ1v) is 10.8. The van der Waals surface area contributed by atoms with Crippen LogP contribution in [-0.2, 0) is 0 Å². The van der Waals surface area contributed by atoms with Gasteiger partial charge in [-0.25, -0.2) is 5.01 Å². The van der Waals surface area contributed by atoms with Gasteiger partial charge in [0.05, 0.1) is 32.6 Å². The van der Waals surface area contributed by atoms with Crippen LogP contribution in [0.5, 0.6) is 23.0 Å². The van der Waals surface area contributed by atoms with Crippen molar-refractivity contribution in [3.8, 4) is 23.0 Å². The second-order valence-electron chi connectivity index (χ2n) is 7.73. The van der Waals surface area contributed by atoms with Crippen molar-refractivity contribution in [2.45, 2.75) is 25.6 Å². The number of benzene rings is 3. The summed E-state index contributed by atoms with van der Waals surface area (Å²) in [7, 11) is 3.34. The monoisotopic (exact) mass is 430 g/mol. The first-order chi connectivity index (χ1) is 15.7. The normalized spacial score (nSPS) is 18.8. The molecule has 2 aliphatic rings. The SMILES string of the molecule is CCOc1ccc([C@H]2Oc3c(OC)cccc3[C@H]3CC(c4ccc(OC)cc4)=NN32)cc1. The lowest BCUT2D eigenvalue weighted by atomic mass is 9.95. The Hall–Kier alpha value is -3.67. The van der Waals surface area contributed by atoms with Gasteiger partial charge in [0.15, 0.2) is 11.5 Å². The first-order valence-electron chi connectivity index (χ1n) is 10.8. The maximum Gasteiger partial charge on any atom is 0.214 e. The van der Waals surface area contributed by atoms with Crippen LogP contribution in [0.4, 0.5) is 0 Å². The van der Waals surface area contributed by atoms with Gasteiger partial charge in [0.2, 0.25) is 6.23 Å². The Morgan fingerprint density at radius 1 is 0.938 bits per heavy atom. The van der Waals surface area contributed by atoms with E-state index in [0.29, 0.717) is 6.61 Å². The van der Waals surface area contributed by atoms with Gasteiger partial charge in [-0.1, -0.05) is 12.1 Å². The predicted octanol–water partition coefficient (Wildman–Crippen LogP) is 5.34. The highest BCUT2D eigenvalue weighted by Crippen LogP contribution is 2.50. The first kappa shape index (κ1) is 20.2. The fourth-order valence-corrected chi connectivity index (χ4v) is 4.32. The average molecular weight is 431 g/mol. The van der Waals surface area contributed by atoms with Crippen LogP contribution in [0.25, 0.3) is 0 Å². The number of nitrogens with zero attached hydrogens (tertiary/aromatic N) is 2. The Morgan fingerprint density at radius 2 is 1.69 bits per heavy atom. The minimum absolute atomic E-state index is 0.0579. The topological polar surface area (TPSA) is 52.5 Å². The third kappa shape index (κ3) is 3.51. The van der Waals surface area contributed by atoms with Crippen LogP contribution < -0.4 is 18.9 Å². The summed E-state index contributed by atoms with van der Waals surface area (Å²) >= 11 is 0. The maximum absolute atomic E-state index is 6.51. The Bertz CT molecular complexity index is 1130. The molecule has 0 amide bonds. The molecule has 3 aromatic carbocycles. The summed E-state index contributed by atoms with van der Waals surface area (Å²) in [5, 5.41) is 7.09. The molecule has 2 aliphatic heterocycles. The van der Waals surface area contributed by atoms with E-state index in [2.05, 4.69) is 23.2 Å². The number of methoxy groups -OCH3 is 2. The molecule has 0 N–H and O–H groups in total. The molecule has 32 heavy (non-hydrogen) atoms. The number of para-hydroxylation sites is 1. The molecular weight excluding hydrogens is 404 g/mol. The van der Waals surface area contributed by atoms with Gasteiger partial charge in [0.1, 0.15) is 11.5 Å². The summed E-state index contributed by atoms with van der Waals surface area (Å²) in [6.45, 7) is 2.61. The van der Waals surface area contributed by atoms with E-state index in [1.807, 2.05) is 55.5 Å². The van der Waals surface area contributed by atoms with Crippen LogP contribution in [0.15, 0.2) is 71.8 Å². The van der Waals surface area contributed by atoms with Crippen molar-refractivity contribution in [2.24, 2.45) is 5.10 Å². The van der Waals surface area contributed by atoms with Crippen LogP contribution >= 0.6 is 0 Å². The van der Waals surface area contributed by atoms with E-state index in [0.717, 1.165) is 51.8 Å². The molecule has 5 rings (SSSR count). The molecule has 0 aromatic heterocycles. The van der Waals surface area contributed by atoms with Gasteiger partial charge in [-0.2, -0.15) is 5.10 Å². The molecule has 0 fully saturated rings. The number of hydrogen-bond acceptors (Lipinski definition) is 6. The third-order valence-corrected chi connectivity index (χ3v) is 5.90. The van der Waals surface area contributed by atoms with Gasteiger partial charge in [-0.05, 0) is 67.1 Å². The van der Waals surface area contributed by atoms with Crippen molar-refractivity contribution >= 4 is 5.71 Å². The standard InChI is InChI=1S/C26H26N2O4/c1-4-31-20-14-10-18(11-15-20)26-28-23(21-6-5-7-24(30-3)25(21)32-26)16-22(27-28)17-8-12-19(29-2)13-9-17/h5-15,23,26H,4,16H2,1-3H3/t23-,26-/m1/s1. The van der Waals surface area contributed by atoms with E-state index in [4.69, 9.17) is 24.0 Å². The number of hydrazone groups is 1. The molecule has 0 unspecified atom stereocenters. The van der Waals surface area contributed by atoms with Crippen LogP contribution in [0.3, 0.4) is 0 Å². The summed E-state index contributed by atoms with van der Waals surface area (Å²) in [5.41, 5.74) is 4.19. The van der Waals surface area contributed by atoms with Gasteiger partial charge in [-0.15, -0.1) is 0 Å². The zero-order chi connectivity index (χ0) is 22.1. The van der Waals surface area contributed by atoms with Gasteiger partial charge < -0.3 is 18.9 Å². The van der Waals surface area contributed by atoms with Crippen LogP contribution in [0.2, 0.25) is 0 Å². The molecule has 3 aromatic rings. The summed E-state index contributed by atoms with van der Waals surface area (Å²) in [5.74, 6) is 3.18. The van der Waals surface area contributed by atoms with Crippen LogP contribution in [-0.4, -0.2) is 31.5 Å².